The van der Waals surface area contributed by atoms with Gasteiger partial charge >= 0.3 is 5.97 Å². The van der Waals surface area contributed by atoms with Crippen LogP contribution >= 0.6 is 12.2 Å². The highest BCUT2D eigenvalue weighted by molar-refractivity contribution is 7.80. The van der Waals surface area contributed by atoms with Crippen molar-refractivity contribution in [3.63, 3.8) is 0 Å². The normalized spacial score (nSPS) is 18.0. The number of thiocarbonyl (C=S) groups is 1. The number of carbonyl (C=O) groups is 1. The Kier molecular flexibility index (Phi) is 8.15. The lowest BCUT2D eigenvalue weighted by Crippen LogP contribution is -2.52. The maximum Gasteiger partial charge on any atom is 0.305 e. The fourth-order valence-corrected chi connectivity index (χ4v) is 3.41. The number of rotatable bonds is 7. The number of carbonyl (C=O) groups excluding carboxylic acids is 1. The fraction of sp³-hybridized carbons (Fsp3) is 0.579. The summed E-state index contributed by atoms with van der Waals surface area (Å²) in [7, 11) is 3.59. The van der Waals surface area contributed by atoms with E-state index in [0.717, 1.165) is 50.6 Å². The molecule has 0 amide bonds. The summed E-state index contributed by atoms with van der Waals surface area (Å²) in [6.07, 6.45) is 3.36. The maximum absolute atomic E-state index is 11.1. The van der Waals surface area contributed by atoms with Gasteiger partial charge in [-0.15, -0.1) is 0 Å². The summed E-state index contributed by atoms with van der Waals surface area (Å²) in [6, 6.07) is 10.9. The number of hydrogen-bond donors (Lipinski definition) is 1. The summed E-state index contributed by atoms with van der Waals surface area (Å²) in [5, 5.41) is 4.22. The van der Waals surface area contributed by atoms with E-state index in [1.54, 1.807) is 0 Å². The molecule has 2 rings (SSSR count). The summed E-state index contributed by atoms with van der Waals surface area (Å²) in [6.45, 7) is 3.77. The van der Waals surface area contributed by atoms with Gasteiger partial charge in [0.25, 0.3) is 0 Å². The Bertz CT molecular complexity index is 553. The molecule has 1 aliphatic heterocycles. The standard InChI is InChI=1S/C19H29N3O2S/c1-21-13-14-22(17(15-21)16-9-5-3-6-10-16)19(25)20-12-8-4-7-11-18(23)24-2/h3,5-6,9-10,17H,4,7-8,11-15H2,1-2H3,(H,20,25)/t17-/m0/s1. The molecule has 1 aromatic carbocycles. The minimum atomic E-state index is -0.133. The van der Waals surface area contributed by atoms with Crippen LogP contribution in [0.2, 0.25) is 0 Å². The zero-order chi connectivity index (χ0) is 18.1. The molecule has 1 atom stereocenters. The summed E-state index contributed by atoms with van der Waals surface area (Å²) in [4.78, 5) is 15.7. The molecule has 0 spiro atoms. The number of unbranched alkanes of at least 4 members (excludes halogenated alkanes) is 2. The molecule has 25 heavy (non-hydrogen) atoms. The Balaban J connectivity index is 1.79. The molecular formula is C19H29N3O2S. The quantitative estimate of drug-likeness (QED) is 0.456. The molecule has 1 aromatic rings. The third-order valence-corrected chi connectivity index (χ3v) is 4.97. The van der Waals surface area contributed by atoms with Crippen molar-refractivity contribution in [2.45, 2.75) is 31.7 Å². The Hall–Kier alpha value is -1.66. The fourth-order valence-electron chi connectivity index (χ4n) is 3.09. The van der Waals surface area contributed by atoms with Crippen LogP contribution in [0.1, 0.15) is 37.3 Å². The first-order chi connectivity index (χ1) is 12.1. The predicted molar refractivity (Wildman–Crippen MR) is 104 cm³/mol. The van der Waals surface area contributed by atoms with E-state index in [1.165, 1.54) is 12.7 Å². The molecule has 0 aliphatic carbocycles. The molecule has 6 heteroatoms. The monoisotopic (exact) mass is 363 g/mol. The molecule has 1 N–H and O–H groups in total. The molecule has 0 bridgehead atoms. The van der Waals surface area contributed by atoms with Gasteiger partial charge in [-0.1, -0.05) is 36.8 Å². The van der Waals surface area contributed by atoms with Gasteiger partial charge in [-0.25, -0.2) is 0 Å². The van der Waals surface area contributed by atoms with Crippen LogP contribution in [0, 0.1) is 0 Å². The Morgan fingerprint density at radius 1 is 1.24 bits per heavy atom. The van der Waals surface area contributed by atoms with Crippen LogP contribution in [-0.4, -0.2) is 61.2 Å². The zero-order valence-corrected chi connectivity index (χ0v) is 16.1. The third-order valence-electron chi connectivity index (χ3n) is 4.59. The largest absolute Gasteiger partial charge is 0.469 e. The van der Waals surface area contributed by atoms with Gasteiger partial charge in [0.05, 0.1) is 13.2 Å². The Labute approximate surface area is 156 Å². The first kappa shape index (κ1) is 19.7. The molecule has 138 valence electrons. The van der Waals surface area contributed by atoms with Crippen molar-refractivity contribution >= 4 is 23.3 Å². The van der Waals surface area contributed by atoms with Crippen LogP contribution in [0.4, 0.5) is 0 Å². The van der Waals surface area contributed by atoms with E-state index in [1.807, 2.05) is 6.07 Å². The minimum Gasteiger partial charge on any atom is -0.469 e. The molecule has 1 fully saturated rings. The topological polar surface area (TPSA) is 44.8 Å². The average molecular weight is 364 g/mol. The van der Waals surface area contributed by atoms with Gasteiger partial charge < -0.3 is 19.9 Å². The number of methoxy groups -OCH3 is 1. The van der Waals surface area contributed by atoms with Crippen molar-refractivity contribution in [2.75, 3.05) is 40.3 Å². The lowest BCUT2D eigenvalue weighted by Gasteiger charge is -2.41. The lowest BCUT2D eigenvalue weighted by atomic mass is 10.0. The van der Waals surface area contributed by atoms with E-state index in [4.69, 9.17) is 12.2 Å². The highest BCUT2D eigenvalue weighted by Crippen LogP contribution is 2.24. The maximum atomic E-state index is 11.1. The van der Waals surface area contributed by atoms with Crippen molar-refractivity contribution in [2.24, 2.45) is 0 Å². The predicted octanol–water partition coefficient (Wildman–Crippen LogP) is 2.58. The molecule has 1 heterocycles. The van der Waals surface area contributed by atoms with Gasteiger partial charge in [0.2, 0.25) is 0 Å². The smallest absolute Gasteiger partial charge is 0.305 e. The van der Waals surface area contributed by atoms with Crippen LogP contribution < -0.4 is 5.32 Å². The summed E-state index contributed by atoms with van der Waals surface area (Å²) < 4.78 is 4.65. The van der Waals surface area contributed by atoms with E-state index in [2.05, 4.69) is 51.2 Å². The second-order valence-corrected chi connectivity index (χ2v) is 6.89. The van der Waals surface area contributed by atoms with Crippen molar-refractivity contribution in [3.8, 4) is 0 Å². The summed E-state index contributed by atoms with van der Waals surface area (Å²) >= 11 is 5.65. The van der Waals surface area contributed by atoms with Crippen molar-refractivity contribution in [1.82, 2.24) is 15.1 Å². The molecule has 1 saturated heterocycles. The second kappa shape index (κ2) is 10.4. The van der Waals surface area contributed by atoms with E-state index >= 15 is 0 Å². The number of benzene rings is 1. The van der Waals surface area contributed by atoms with Crippen LogP contribution in [0.25, 0.3) is 0 Å². The van der Waals surface area contributed by atoms with E-state index in [9.17, 15) is 4.79 Å². The van der Waals surface area contributed by atoms with Crippen molar-refractivity contribution < 1.29 is 9.53 Å². The zero-order valence-electron chi connectivity index (χ0n) is 15.2. The first-order valence-electron chi connectivity index (χ1n) is 8.96. The SMILES string of the molecule is COC(=O)CCCCCNC(=S)N1CCN(C)C[C@H]1c1ccccc1. The van der Waals surface area contributed by atoms with E-state index in [0.29, 0.717) is 12.5 Å². The van der Waals surface area contributed by atoms with E-state index in [-0.39, 0.29) is 5.97 Å². The third kappa shape index (κ3) is 6.29. The lowest BCUT2D eigenvalue weighted by molar-refractivity contribution is -0.140. The molecule has 0 aromatic heterocycles. The molecule has 5 nitrogen and oxygen atoms in total. The van der Waals surface area contributed by atoms with Crippen molar-refractivity contribution in [1.29, 1.82) is 0 Å². The van der Waals surface area contributed by atoms with Gasteiger partial charge in [0.15, 0.2) is 5.11 Å². The van der Waals surface area contributed by atoms with Gasteiger partial charge in [-0.05, 0) is 37.7 Å². The molecule has 0 radical (unpaired) electrons. The Morgan fingerprint density at radius 3 is 2.72 bits per heavy atom. The molecule has 1 aliphatic rings. The number of esters is 1. The van der Waals surface area contributed by atoms with Crippen LogP contribution in [0.15, 0.2) is 30.3 Å². The summed E-state index contributed by atoms with van der Waals surface area (Å²) in [5.74, 6) is -0.133. The first-order valence-corrected chi connectivity index (χ1v) is 9.37. The number of ether oxygens (including phenoxy) is 1. The van der Waals surface area contributed by atoms with Gasteiger partial charge in [-0.2, -0.15) is 0 Å². The van der Waals surface area contributed by atoms with Crippen LogP contribution in [0.5, 0.6) is 0 Å². The van der Waals surface area contributed by atoms with Crippen molar-refractivity contribution in [3.05, 3.63) is 35.9 Å². The van der Waals surface area contributed by atoms with Gasteiger partial charge in [-0.3, -0.25) is 4.79 Å². The minimum absolute atomic E-state index is 0.133. The second-order valence-electron chi connectivity index (χ2n) is 6.50. The molecular weight excluding hydrogens is 334 g/mol. The van der Waals surface area contributed by atoms with Gasteiger partial charge in [0, 0.05) is 32.6 Å². The molecule has 0 unspecified atom stereocenters. The highest BCUT2D eigenvalue weighted by atomic mass is 32.1. The number of hydrogen-bond acceptors (Lipinski definition) is 4. The number of likely N-dealkylation sites (N-methyl/N-ethyl adjacent to an activating group) is 1. The number of nitrogens with zero attached hydrogens (tertiary/aromatic N) is 2. The summed E-state index contributed by atoms with van der Waals surface area (Å²) in [5.41, 5.74) is 1.30. The van der Waals surface area contributed by atoms with Crippen LogP contribution in [0.3, 0.4) is 0 Å². The number of nitrogens with one attached hydrogen (secondary N) is 1. The highest BCUT2D eigenvalue weighted by Gasteiger charge is 2.28. The molecule has 0 saturated carbocycles. The number of piperazine rings is 1. The van der Waals surface area contributed by atoms with Gasteiger partial charge in [0.1, 0.15) is 0 Å². The van der Waals surface area contributed by atoms with E-state index < -0.39 is 0 Å². The van der Waals surface area contributed by atoms with Crippen LogP contribution in [-0.2, 0) is 9.53 Å². The Morgan fingerprint density at radius 2 is 2.00 bits per heavy atom. The average Bonchev–Trinajstić information content (AvgIpc) is 2.64.